The molecule has 144 valence electrons. The van der Waals surface area contributed by atoms with E-state index in [0.717, 1.165) is 11.1 Å². The first-order chi connectivity index (χ1) is 13.3. The van der Waals surface area contributed by atoms with E-state index in [1.54, 1.807) is 30.5 Å². The van der Waals surface area contributed by atoms with Gasteiger partial charge >= 0.3 is 5.97 Å². The Morgan fingerprint density at radius 1 is 1.11 bits per heavy atom. The SMILES string of the molecule is COC(=O)c1cccc(N(/N=C/C2=C(C)c3ccccc3C2(C)C)C(C)=O)c1. The molecule has 5 heteroatoms. The average molecular weight is 376 g/mol. The topological polar surface area (TPSA) is 59.0 Å². The largest absolute Gasteiger partial charge is 0.465 e. The van der Waals surface area contributed by atoms with Gasteiger partial charge in [-0.05, 0) is 47.4 Å². The maximum absolute atomic E-state index is 12.2. The molecule has 0 spiro atoms. The quantitative estimate of drug-likeness (QED) is 0.446. The van der Waals surface area contributed by atoms with Crippen LogP contribution >= 0.6 is 0 Å². The second-order valence-corrected chi connectivity index (χ2v) is 7.33. The predicted octanol–water partition coefficient (Wildman–Crippen LogP) is 4.58. The maximum Gasteiger partial charge on any atom is 0.337 e. The summed E-state index contributed by atoms with van der Waals surface area (Å²) in [6, 6.07) is 15.0. The second-order valence-electron chi connectivity index (χ2n) is 7.33. The maximum atomic E-state index is 12.2. The van der Waals surface area contributed by atoms with E-state index in [9.17, 15) is 9.59 Å². The molecule has 1 aliphatic carbocycles. The van der Waals surface area contributed by atoms with E-state index in [4.69, 9.17) is 4.74 Å². The fraction of sp³-hybridized carbons (Fsp3) is 0.261. The van der Waals surface area contributed by atoms with E-state index >= 15 is 0 Å². The van der Waals surface area contributed by atoms with Crippen molar-refractivity contribution in [3.8, 4) is 0 Å². The van der Waals surface area contributed by atoms with Crippen LogP contribution in [0.2, 0.25) is 0 Å². The van der Waals surface area contributed by atoms with Gasteiger partial charge in [-0.3, -0.25) is 4.79 Å². The number of benzene rings is 2. The van der Waals surface area contributed by atoms with Crippen molar-refractivity contribution < 1.29 is 14.3 Å². The zero-order valence-electron chi connectivity index (χ0n) is 16.8. The van der Waals surface area contributed by atoms with Crippen molar-refractivity contribution in [1.82, 2.24) is 0 Å². The van der Waals surface area contributed by atoms with Gasteiger partial charge in [0.05, 0.1) is 24.6 Å². The van der Waals surface area contributed by atoms with Gasteiger partial charge in [-0.15, -0.1) is 0 Å². The Labute approximate surface area is 165 Å². The van der Waals surface area contributed by atoms with Crippen molar-refractivity contribution in [3.63, 3.8) is 0 Å². The van der Waals surface area contributed by atoms with Gasteiger partial charge in [0, 0.05) is 12.3 Å². The number of methoxy groups -OCH3 is 1. The van der Waals surface area contributed by atoms with Gasteiger partial charge < -0.3 is 4.74 Å². The number of rotatable bonds is 4. The summed E-state index contributed by atoms with van der Waals surface area (Å²) in [5.74, 6) is -0.704. The molecule has 0 saturated heterocycles. The monoisotopic (exact) mass is 376 g/mol. The van der Waals surface area contributed by atoms with Crippen LogP contribution in [0.5, 0.6) is 0 Å². The molecule has 0 fully saturated rings. The number of amides is 1. The summed E-state index contributed by atoms with van der Waals surface area (Å²) >= 11 is 0. The fourth-order valence-electron chi connectivity index (χ4n) is 3.70. The number of fused-ring (bicyclic) bond motifs is 1. The van der Waals surface area contributed by atoms with Crippen LogP contribution < -0.4 is 5.01 Å². The Morgan fingerprint density at radius 2 is 1.82 bits per heavy atom. The number of hydrogen-bond acceptors (Lipinski definition) is 4. The summed E-state index contributed by atoms with van der Waals surface area (Å²) < 4.78 is 4.76. The Hall–Kier alpha value is -3.21. The summed E-state index contributed by atoms with van der Waals surface area (Å²) in [6.07, 6.45) is 1.75. The molecule has 3 rings (SSSR count). The highest BCUT2D eigenvalue weighted by atomic mass is 16.5. The minimum absolute atomic E-state index is 0.208. The zero-order chi connectivity index (χ0) is 20.5. The predicted molar refractivity (Wildman–Crippen MR) is 111 cm³/mol. The Kier molecular flexibility index (Phi) is 5.18. The molecule has 0 radical (unpaired) electrons. The number of hydrogen-bond donors (Lipinski definition) is 0. The Morgan fingerprint density at radius 3 is 2.46 bits per heavy atom. The normalized spacial score (nSPS) is 14.9. The minimum Gasteiger partial charge on any atom is -0.465 e. The number of ether oxygens (including phenoxy) is 1. The number of nitrogens with zero attached hydrogens (tertiary/aromatic N) is 2. The van der Waals surface area contributed by atoms with Crippen LogP contribution in [0.15, 0.2) is 59.2 Å². The van der Waals surface area contributed by atoms with Gasteiger partial charge in [-0.25, -0.2) is 9.80 Å². The van der Waals surface area contributed by atoms with Crippen LogP contribution in [-0.4, -0.2) is 25.2 Å². The fourth-order valence-corrected chi connectivity index (χ4v) is 3.70. The van der Waals surface area contributed by atoms with Crippen LogP contribution in [0.4, 0.5) is 5.69 Å². The van der Waals surface area contributed by atoms with Gasteiger partial charge in [0.15, 0.2) is 0 Å². The van der Waals surface area contributed by atoms with Crippen LogP contribution in [0.25, 0.3) is 5.57 Å². The van der Waals surface area contributed by atoms with Crippen LogP contribution in [-0.2, 0) is 14.9 Å². The molecule has 0 aromatic heterocycles. The van der Waals surface area contributed by atoms with E-state index in [-0.39, 0.29) is 11.3 Å². The van der Waals surface area contributed by atoms with Gasteiger partial charge in [0.1, 0.15) is 0 Å². The molecule has 5 nitrogen and oxygen atoms in total. The molecule has 1 amide bonds. The lowest BCUT2D eigenvalue weighted by Crippen LogP contribution is -2.24. The molecular weight excluding hydrogens is 352 g/mol. The summed E-state index contributed by atoms with van der Waals surface area (Å²) in [5.41, 5.74) is 5.33. The molecular formula is C23H24N2O3. The molecule has 0 heterocycles. The number of hydrazone groups is 1. The third-order valence-corrected chi connectivity index (χ3v) is 5.19. The molecule has 2 aromatic rings. The van der Waals surface area contributed by atoms with Crippen molar-refractivity contribution in [2.75, 3.05) is 12.1 Å². The van der Waals surface area contributed by atoms with E-state index in [1.807, 2.05) is 12.1 Å². The highest BCUT2D eigenvalue weighted by Gasteiger charge is 2.35. The number of esters is 1. The molecule has 0 saturated carbocycles. The summed E-state index contributed by atoms with van der Waals surface area (Å²) in [6.45, 7) is 7.82. The van der Waals surface area contributed by atoms with E-state index in [0.29, 0.717) is 11.3 Å². The van der Waals surface area contributed by atoms with Crippen molar-refractivity contribution in [2.24, 2.45) is 5.10 Å². The van der Waals surface area contributed by atoms with Crippen molar-refractivity contribution >= 4 is 29.4 Å². The number of allylic oxidation sites excluding steroid dienone is 2. The first-order valence-corrected chi connectivity index (χ1v) is 9.11. The third kappa shape index (κ3) is 3.36. The van der Waals surface area contributed by atoms with Crippen LogP contribution in [0, 0.1) is 0 Å². The minimum atomic E-state index is -0.458. The number of carbonyl (C=O) groups is 2. The molecule has 28 heavy (non-hydrogen) atoms. The molecule has 0 bridgehead atoms. The van der Waals surface area contributed by atoms with Gasteiger partial charge in [-0.1, -0.05) is 44.2 Å². The van der Waals surface area contributed by atoms with Crippen LogP contribution in [0.3, 0.4) is 0 Å². The van der Waals surface area contributed by atoms with Crippen molar-refractivity contribution in [3.05, 3.63) is 70.8 Å². The smallest absolute Gasteiger partial charge is 0.337 e. The van der Waals surface area contributed by atoms with Crippen molar-refractivity contribution in [1.29, 1.82) is 0 Å². The lowest BCUT2D eigenvalue weighted by atomic mass is 9.82. The summed E-state index contributed by atoms with van der Waals surface area (Å²) in [5, 5.41) is 5.78. The molecule has 1 aliphatic rings. The highest BCUT2D eigenvalue weighted by Crippen LogP contribution is 2.45. The van der Waals surface area contributed by atoms with Crippen LogP contribution in [0.1, 0.15) is 49.2 Å². The summed E-state index contributed by atoms with van der Waals surface area (Å²) in [4.78, 5) is 24.0. The number of anilines is 1. The summed E-state index contributed by atoms with van der Waals surface area (Å²) in [7, 11) is 1.32. The highest BCUT2D eigenvalue weighted by molar-refractivity contribution is 6.01. The molecule has 0 unspecified atom stereocenters. The molecule has 0 N–H and O–H groups in total. The van der Waals surface area contributed by atoms with Gasteiger partial charge in [0.2, 0.25) is 5.91 Å². The standard InChI is InChI=1S/C23H24N2O3/c1-15-19-11-6-7-12-20(19)23(3,4)21(15)14-24-25(16(2)26)18-10-8-9-17(13-18)22(27)28-5/h6-14H,1-5H3/b24-14+. The lowest BCUT2D eigenvalue weighted by molar-refractivity contribution is -0.116. The lowest BCUT2D eigenvalue weighted by Gasteiger charge is -2.23. The molecule has 2 aromatic carbocycles. The molecule has 0 atom stereocenters. The van der Waals surface area contributed by atoms with Gasteiger partial charge in [-0.2, -0.15) is 5.10 Å². The first-order valence-electron chi connectivity index (χ1n) is 9.11. The second kappa shape index (κ2) is 7.43. The van der Waals surface area contributed by atoms with E-state index in [2.05, 4.69) is 38.0 Å². The zero-order valence-corrected chi connectivity index (χ0v) is 16.8. The first kappa shape index (κ1) is 19.5. The Balaban J connectivity index is 1.99. The van der Waals surface area contributed by atoms with Crippen molar-refractivity contribution in [2.45, 2.75) is 33.1 Å². The van der Waals surface area contributed by atoms with E-state index in [1.165, 1.54) is 30.2 Å². The van der Waals surface area contributed by atoms with E-state index < -0.39 is 5.97 Å². The Bertz CT molecular complexity index is 1000. The molecule has 0 aliphatic heterocycles. The van der Waals surface area contributed by atoms with Gasteiger partial charge in [0.25, 0.3) is 0 Å². The number of carbonyl (C=O) groups excluding carboxylic acids is 2. The average Bonchev–Trinajstić information content (AvgIpc) is 2.88. The third-order valence-electron chi connectivity index (χ3n) is 5.19.